The van der Waals surface area contributed by atoms with Gasteiger partial charge in [0.2, 0.25) is 0 Å². The monoisotopic (exact) mass is 614 g/mol. The van der Waals surface area contributed by atoms with Gasteiger partial charge in [-0.3, -0.25) is 0 Å². The molecule has 0 saturated heterocycles. The fourth-order valence-electron chi connectivity index (χ4n) is 5.35. The predicted octanol–water partition coefficient (Wildman–Crippen LogP) is 9.16. The lowest BCUT2D eigenvalue weighted by Crippen LogP contribution is -2.48. The van der Waals surface area contributed by atoms with Crippen LogP contribution in [0.5, 0.6) is 0 Å². The molecule has 42 heavy (non-hydrogen) atoms. The van der Waals surface area contributed by atoms with Crippen LogP contribution in [-0.4, -0.2) is 51.1 Å². The lowest BCUT2D eigenvalue weighted by atomic mass is 9.81. The van der Waals surface area contributed by atoms with E-state index in [9.17, 15) is 15.0 Å². The van der Waals surface area contributed by atoms with Crippen LogP contribution in [0.25, 0.3) is 0 Å². The molecule has 1 saturated carbocycles. The molecule has 7 heteroatoms. The summed E-state index contributed by atoms with van der Waals surface area (Å²) in [4.78, 5) is 12.0. The van der Waals surface area contributed by atoms with Crippen LogP contribution < -0.4 is 0 Å². The van der Waals surface area contributed by atoms with E-state index in [1.54, 1.807) is 18.2 Å². The minimum absolute atomic E-state index is 0.00475. The molecule has 0 bridgehead atoms. The highest BCUT2D eigenvalue weighted by atomic mass is 28.4. The molecule has 4 unspecified atom stereocenters. The smallest absolute Gasteiger partial charge is 0.336 e. The Labute approximate surface area is 258 Å². The Morgan fingerprint density at radius 3 is 2.19 bits per heavy atom. The van der Waals surface area contributed by atoms with Gasteiger partial charge in [0.15, 0.2) is 16.6 Å². The van der Waals surface area contributed by atoms with E-state index >= 15 is 0 Å². The third-order valence-electron chi connectivity index (χ3n) is 9.98. The van der Waals surface area contributed by atoms with Gasteiger partial charge < -0.3 is 19.1 Å². The summed E-state index contributed by atoms with van der Waals surface area (Å²) in [6.07, 6.45) is 16.2. The van der Waals surface area contributed by atoms with E-state index < -0.39 is 40.2 Å². The highest BCUT2D eigenvalue weighted by Gasteiger charge is 2.52. The number of carbonyl (C=O) groups is 1. The van der Waals surface area contributed by atoms with E-state index in [-0.39, 0.29) is 21.6 Å². The second-order valence-corrected chi connectivity index (χ2v) is 24.9. The van der Waals surface area contributed by atoms with Crippen LogP contribution in [-0.2, 0) is 8.85 Å². The van der Waals surface area contributed by atoms with Gasteiger partial charge in [-0.05, 0) is 73.6 Å². The number of carboxylic acids is 1. The van der Waals surface area contributed by atoms with Crippen molar-refractivity contribution >= 4 is 22.6 Å². The quantitative estimate of drug-likeness (QED) is 0.0946. The van der Waals surface area contributed by atoms with Crippen LogP contribution in [0.3, 0.4) is 0 Å². The van der Waals surface area contributed by atoms with E-state index in [4.69, 9.17) is 15.3 Å². The first-order chi connectivity index (χ1) is 19.3. The summed E-state index contributed by atoms with van der Waals surface area (Å²) < 4.78 is 13.4. The molecular weight excluding hydrogens is 557 g/mol. The van der Waals surface area contributed by atoms with Gasteiger partial charge in [0.1, 0.15) is 0 Å². The lowest BCUT2D eigenvalue weighted by Gasteiger charge is -2.43. The largest absolute Gasteiger partial charge is 0.478 e. The molecule has 5 nitrogen and oxygen atoms in total. The zero-order valence-electron chi connectivity index (χ0n) is 28.0. The summed E-state index contributed by atoms with van der Waals surface area (Å²) in [5, 5.41) is 21.4. The molecule has 2 N–H and O–H groups in total. The molecule has 1 aliphatic rings. The van der Waals surface area contributed by atoms with Gasteiger partial charge in [-0.15, -0.1) is 6.42 Å². The third kappa shape index (κ3) is 9.40. The summed E-state index contributed by atoms with van der Waals surface area (Å²) in [6, 6.07) is 6.89. The highest BCUT2D eigenvalue weighted by Crippen LogP contribution is 2.50. The molecule has 236 valence electrons. The van der Waals surface area contributed by atoms with Gasteiger partial charge in [-0.2, -0.15) is 0 Å². The molecule has 1 aromatic carbocycles. The topological polar surface area (TPSA) is 76.0 Å². The number of aromatic carboxylic acids is 1. The number of terminal acetylenes is 1. The number of carboxylic acid groups (broad SMARTS) is 1. The maximum atomic E-state index is 12.0. The van der Waals surface area contributed by atoms with Crippen molar-refractivity contribution in [2.45, 2.75) is 140 Å². The number of aliphatic hydroxyl groups is 1. The number of benzene rings is 1. The second kappa shape index (κ2) is 14.4. The normalized spacial score (nSPS) is 22.8. The predicted molar refractivity (Wildman–Crippen MR) is 180 cm³/mol. The molecule has 1 aliphatic carbocycles. The molecule has 0 spiro atoms. The second-order valence-electron chi connectivity index (χ2n) is 15.3. The molecule has 0 amide bonds. The van der Waals surface area contributed by atoms with Crippen molar-refractivity contribution in [3.63, 3.8) is 0 Å². The minimum atomic E-state index is -2.19. The maximum Gasteiger partial charge on any atom is 0.336 e. The Hall–Kier alpha value is -1.70. The molecule has 1 fully saturated rings. The van der Waals surface area contributed by atoms with Crippen molar-refractivity contribution < 1.29 is 23.9 Å². The molecular formula is C35H58O5Si2. The SMILES string of the molecule is C#CC(c1ccccc1C(=O)O)C1CC(C=CCCCCCCO[Si](C)(C)C(C)(C)C)(O[Si](C)(C)C(C)(C)C)CC1O. The number of allylic oxidation sites excluding steroid dienone is 1. The van der Waals surface area contributed by atoms with Gasteiger partial charge in [-0.1, -0.05) is 90.7 Å². The number of hydrogen-bond acceptors (Lipinski definition) is 4. The molecule has 0 aliphatic heterocycles. The van der Waals surface area contributed by atoms with Crippen LogP contribution in [0.1, 0.15) is 108 Å². The van der Waals surface area contributed by atoms with Gasteiger partial charge in [0.25, 0.3) is 0 Å². The standard InChI is InChI=1S/C35H58O5Si2/c1-12-27(28-21-17-18-22-29(28)32(37)38)30-25-35(26-31(30)36,40-42(10,11)34(5,6)7)23-19-15-13-14-16-20-24-39-41(8,9)33(2,3)4/h1,17-19,21-23,27,30-31,36H,13-16,20,24-26H2,2-11H3,(H,37,38). The first kappa shape index (κ1) is 36.5. The first-order valence-electron chi connectivity index (χ1n) is 15.8. The number of aliphatic hydroxyl groups excluding tert-OH is 1. The number of unbranched alkanes of at least 4 members (excludes halogenated alkanes) is 4. The van der Waals surface area contributed by atoms with Gasteiger partial charge >= 0.3 is 5.97 Å². The number of rotatable bonds is 14. The molecule has 0 radical (unpaired) electrons. The Bertz CT molecular complexity index is 1110. The van der Waals surface area contributed by atoms with Crippen molar-refractivity contribution in [2.75, 3.05) is 6.61 Å². The Morgan fingerprint density at radius 1 is 1.02 bits per heavy atom. The van der Waals surface area contributed by atoms with Gasteiger partial charge in [0, 0.05) is 18.9 Å². The van der Waals surface area contributed by atoms with E-state index in [2.05, 4.69) is 85.8 Å². The average molecular weight is 615 g/mol. The lowest BCUT2D eigenvalue weighted by molar-refractivity contribution is 0.0692. The van der Waals surface area contributed by atoms with Crippen molar-refractivity contribution in [1.82, 2.24) is 0 Å². The van der Waals surface area contributed by atoms with E-state index in [1.165, 1.54) is 0 Å². The van der Waals surface area contributed by atoms with Crippen LogP contribution >= 0.6 is 0 Å². The Kier molecular flexibility index (Phi) is 12.5. The summed E-state index contributed by atoms with van der Waals surface area (Å²) in [7, 11) is -3.87. The fourth-order valence-corrected chi connectivity index (χ4v) is 7.99. The molecule has 1 aromatic rings. The Morgan fingerprint density at radius 2 is 1.62 bits per heavy atom. The van der Waals surface area contributed by atoms with Crippen LogP contribution in [0.15, 0.2) is 36.4 Å². The molecule has 0 heterocycles. The van der Waals surface area contributed by atoms with E-state index in [0.717, 1.165) is 38.7 Å². The third-order valence-corrected chi connectivity index (χ3v) is 19.1. The van der Waals surface area contributed by atoms with Crippen molar-refractivity contribution in [3.8, 4) is 12.3 Å². The summed E-state index contributed by atoms with van der Waals surface area (Å²) in [5.74, 6) is 1.01. The van der Waals surface area contributed by atoms with Gasteiger partial charge in [-0.25, -0.2) is 4.79 Å². The minimum Gasteiger partial charge on any atom is -0.478 e. The van der Waals surface area contributed by atoms with E-state index in [1.807, 2.05) is 6.07 Å². The van der Waals surface area contributed by atoms with Crippen LogP contribution in [0.4, 0.5) is 0 Å². The van der Waals surface area contributed by atoms with Crippen molar-refractivity contribution in [1.29, 1.82) is 0 Å². The zero-order valence-corrected chi connectivity index (χ0v) is 30.0. The summed E-state index contributed by atoms with van der Waals surface area (Å²) in [6.45, 7) is 23.4. The van der Waals surface area contributed by atoms with Gasteiger partial charge in [0.05, 0.1) is 23.2 Å². The highest BCUT2D eigenvalue weighted by molar-refractivity contribution is 6.74. The van der Waals surface area contributed by atoms with Crippen LogP contribution in [0, 0.1) is 18.3 Å². The van der Waals surface area contributed by atoms with Crippen LogP contribution in [0.2, 0.25) is 36.3 Å². The van der Waals surface area contributed by atoms with Crippen molar-refractivity contribution in [3.05, 3.63) is 47.5 Å². The Balaban J connectivity index is 2.13. The molecule has 4 atom stereocenters. The maximum absolute atomic E-state index is 12.0. The summed E-state index contributed by atoms with van der Waals surface area (Å²) in [5.41, 5.74) is 0.152. The molecule has 0 aromatic heterocycles. The molecule has 2 rings (SSSR count). The fraction of sp³-hybridized carbons (Fsp3) is 0.686. The summed E-state index contributed by atoms with van der Waals surface area (Å²) >= 11 is 0. The number of hydrogen-bond donors (Lipinski definition) is 2. The zero-order chi connectivity index (χ0) is 32.0. The first-order valence-corrected chi connectivity index (χ1v) is 21.6. The van der Waals surface area contributed by atoms with Crippen molar-refractivity contribution in [2.24, 2.45) is 5.92 Å². The van der Waals surface area contributed by atoms with E-state index in [0.29, 0.717) is 18.4 Å². The average Bonchev–Trinajstić information content (AvgIpc) is 3.17.